The molecule has 0 fully saturated rings. The molecule has 0 radical (unpaired) electrons. The summed E-state index contributed by atoms with van der Waals surface area (Å²) in [6.45, 7) is 4.79. The first kappa shape index (κ1) is 18.7. The first-order valence-corrected chi connectivity index (χ1v) is 10.2. The van der Waals surface area contributed by atoms with Crippen LogP contribution in [0.25, 0.3) is 10.8 Å². The number of carbonyl (C=O) groups is 2. The second kappa shape index (κ2) is 7.73. The van der Waals surface area contributed by atoms with E-state index in [1.165, 1.54) is 18.4 Å². The molecule has 2 heterocycles. The molecular weight excluding hydrogens is 372 g/mol. The van der Waals surface area contributed by atoms with Crippen LogP contribution >= 0.6 is 11.3 Å². The maximum absolute atomic E-state index is 13.1. The fraction of sp³-hybridized carbons (Fsp3) is 0.273. The summed E-state index contributed by atoms with van der Waals surface area (Å²) in [5.74, 6) is -0.608. The minimum atomic E-state index is -0.393. The minimum Gasteiger partial charge on any atom is -0.465 e. The van der Waals surface area contributed by atoms with Crippen molar-refractivity contribution < 1.29 is 14.3 Å². The summed E-state index contributed by atoms with van der Waals surface area (Å²) in [6.07, 6.45) is 0.786. The molecule has 1 aliphatic rings. The van der Waals surface area contributed by atoms with E-state index in [4.69, 9.17) is 4.74 Å². The number of amides is 1. The van der Waals surface area contributed by atoms with Crippen molar-refractivity contribution in [2.75, 3.05) is 25.5 Å². The third kappa shape index (κ3) is 3.30. The predicted octanol–water partition coefficient (Wildman–Crippen LogP) is 4.32. The van der Waals surface area contributed by atoms with Gasteiger partial charge in [-0.05, 0) is 35.4 Å². The zero-order valence-corrected chi connectivity index (χ0v) is 16.8. The van der Waals surface area contributed by atoms with E-state index >= 15 is 0 Å². The molecule has 5 nitrogen and oxygen atoms in total. The lowest BCUT2D eigenvalue weighted by Gasteiger charge is -2.25. The summed E-state index contributed by atoms with van der Waals surface area (Å²) >= 11 is 1.48. The summed E-state index contributed by atoms with van der Waals surface area (Å²) in [7, 11) is 1.38. The number of carbonyl (C=O) groups excluding carboxylic acids is 2. The molecule has 2 aromatic carbocycles. The van der Waals surface area contributed by atoms with Crippen molar-refractivity contribution >= 4 is 39.0 Å². The number of methoxy groups -OCH3 is 1. The molecule has 6 heteroatoms. The van der Waals surface area contributed by atoms with Crippen molar-refractivity contribution in [3.8, 4) is 0 Å². The molecule has 3 aromatic rings. The summed E-state index contributed by atoms with van der Waals surface area (Å²) < 4.78 is 5.01. The van der Waals surface area contributed by atoms with E-state index in [2.05, 4.69) is 17.1 Å². The van der Waals surface area contributed by atoms with Gasteiger partial charge in [-0.25, -0.2) is 4.79 Å². The van der Waals surface area contributed by atoms with Crippen LogP contribution in [0.15, 0.2) is 42.5 Å². The van der Waals surface area contributed by atoms with E-state index in [0.717, 1.165) is 47.3 Å². The number of nitrogens with zero attached hydrogens (tertiary/aromatic N) is 1. The fourth-order valence-electron chi connectivity index (χ4n) is 3.73. The van der Waals surface area contributed by atoms with Gasteiger partial charge in [0.25, 0.3) is 5.91 Å². The number of thiophene rings is 1. The molecule has 0 saturated carbocycles. The monoisotopic (exact) mass is 394 g/mol. The molecule has 0 spiro atoms. The topological polar surface area (TPSA) is 58.6 Å². The fourth-order valence-corrected chi connectivity index (χ4v) is 5.00. The normalized spacial score (nSPS) is 13.9. The van der Waals surface area contributed by atoms with Gasteiger partial charge in [0, 0.05) is 23.5 Å². The Morgan fingerprint density at radius 3 is 2.75 bits per heavy atom. The highest BCUT2D eigenvalue weighted by atomic mass is 32.1. The SMILES string of the molecule is CCN1CCc2c(sc(NC(=O)c3cccc4ccccc34)c2C(=O)OC)C1. The molecule has 0 atom stereocenters. The smallest absolute Gasteiger partial charge is 0.341 e. The molecule has 0 aliphatic carbocycles. The van der Waals surface area contributed by atoms with Gasteiger partial charge in [0.2, 0.25) is 0 Å². The lowest BCUT2D eigenvalue weighted by Crippen LogP contribution is -2.29. The van der Waals surface area contributed by atoms with Crippen LogP contribution in [0.2, 0.25) is 0 Å². The number of benzene rings is 2. The summed E-state index contributed by atoms with van der Waals surface area (Å²) in [6, 6.07) is 13.4. The Balaban J connectivity index is 1.72. The van der Waals surface area contributed by atoms with Crippen LogP contribution in [-0.2, 0) is 17.7 Å². The van der Waals surface area contributed by atoms with Gasteiger partial charge in [0.1, 0.15) is 5.00 Å². The number of hydrogen-bond donors (Lipinski definition) is 1. The summed E-state index contributed by atoms with van der Waals surface area (Å²) in [4.78, 5) is 29.0. The van der Waals surface area contributed by atoms with Crippen LogP contribution in [-0.4, -0.2) is 37.0 Å². The van der Waals surface area contributed by atoms with Crippen LogP contribution in [0, 0.1) is 0 Å². The van der Waals surface area contributed by atoms with Crippen molar-refractivity contribution in [1.29, 1.82) is 0 Å². The molecule has 144 valence electrons. The lowest BCUT2D eigenvalue weighted by molar-refractivity contribution is 0.0600. The van der Waals surface area contributed by atoms with Gasteiger partial charge in [-0.2, -0.15) is 0 Å². The Hall–Kier alpha value is -2.70. The van der Waals surface area contributed by atoms with E-state index in [-0.39, 0.29) is 5.91 Å². The maximum atomic E-state index is 13.1. The predicted molar refractivity (Wildman–Crippen MR) is 112 cm³/mol. The third-order valence-corrected chi connectivity index (χ3v) is 6.37. The van der Waals surface area contributed by atoms with E-state index in [1.807, 2.05) is 42.5 Å². The highest BCUT2D eigenvalue weighted by Crippen LogP contribution is 2.38. The molecule has 4 rings (SSSR count). The second-order valence-electron chi connectivity index (χ2n) is 6.80. The van der Waals surface area contributed by atoms with Crippen molar-refractivity contribution in [1.82, 2.24) is 4.90 Å². The van der Waals surface area contributed by atoms with Gasteiger partial charge in [0.15, 0.2) is 0 Å². The van der Waals surface area contributed by atoms with E-state index in [9.17, 15) is 9.59 Å². The molecular formula is C22H22N2O3S. The zero-order chi connectivity index (χ0) is 19.7. The molecule has 0 unspecified atom stereocenters. The number of likely N-dealkylation sites (N-methyl/N-ethyl adjacent to an activating group) is 1. The average molecular weight is 394 g/mol. The second-order valence-corrected chi connectivity index (χ2v) is 7.90. The minimum absolute atomic E-state index is 0.215. The van der Waals surface area contributed by atoms with Gasteiger partial charge in [-0.3, -0.25) is 9.69 Å². The third-order valence-electron chi connectivity index (χ3n) is 5.23. The average Bonchev–Trinajstić information content (AvgIpc) is 3.09. The number of hydrogen-bond acceptors (Lipinski definition) is 5. The van der Waals surface area contributed by atoms with Crippen molar-refractivity contribution in [3.63, 3.8) is 0 Å². The van der Waals surface area contributed by atoms with Crippen LogP contribution in [0.1, 0.15) is 38.1 Å². The maximum Gasteiger partial charge on any atom is 0.341 e. The molecule has 0 saturated heterocycles. The van der Waals surface area contributed by atoms with Crippen molar-refractivity contribution in [2.24, 2.45) is 0 Å². The van der Waals surface area contributed by atoms with Crippen LogP contribution in [0.4, 0.5) is 5.00 Å². The Kier molecular flexibility index (Phi) is 5.15. The lowest BCUT2D eigenvalue weighted by atomic mass is 10.0. The first-order chi connectivity index (χ1) is 13.6. The van der Waals surface area contributed by atoms with Gasteiger partial charge in [0.05, 0.1) is 12.7 Å². The van der Waals surface area contributed by atoms with Gasteiger partial charge < -0.3 is 10.1 Å². The zero-order valence-electron chi connectivity index (χ0n) is 16.0. The van der Waals surface area contributed by atoms with Gasteiger partial charge >= 0.3 is 5.97 Å². The quantitative estimate of drug-likeness (QED) is 0.670. The Morgan fingerprint density at radius 1 is 1.18 bits per heavy atom. The molecule has 28 heavy (non-hydrogen) atoms. The van der Waals surface area contributed by atoms with Gasteiger partial charge in [-0.15, -0.1) is 11.3 Å². The largest absolute Gasteiger partial charge is 0.465 e. The van der Waals surface area contributed by atoms with Crippen LogP contribution < -0.4 is 5.32 Å². The molecule has 1 aromatic heterocycles. The van der Waals surface area contributed by atoms with Crippen LogP contribution in [0.5, 0.6) is 0 Å². The molecule has 1 amide bonds. The van der Waals surface area contributed by atoms with Gasteiger partial charge in [-0.1, -0.05) is 43.3 Å². The van der Waals surface area contributed by atoms with Crippen molar-refractivity contribution in [3.05, 3.63) is 64.0 Å². The molecule has 1 aliphatic heterocycles. The standard InChI is InChI=1S/C22H22N2O3S/c1-3-24-12-11-17-18(13-24)28-21(19(17)22(26)27-2)23-20(25)16-10-6-8-14-7-4-5-9-15(14)16/h4-10H,3,11-13H2,1-2H3,(H,23,25). The number of anilines is 1. The van der Waals surface area contributed by atoms with Crippen LogP contribution in [0.3, 0.4) is 0 Å². The number of rotatable bonds is 4. The number of nitrogens with one attached hydrogen (secondary N) is 1. The molecule has 0 bridgehead atoms. The summed E-state index contributed by atoms with van der Waals surface area (Å²) in [5, 5.41) is 5.46. The number of ether oxygens (including phenoxy) is 1. The van der Waals surface area contributed by atoms with Crippen molar-refractivity contribution in [2.45, 2.75) is 19.9 Å². The van der Waals surface area contributed by atoms with E-state index in [1.54, 1.807) is 0 Å². The number of esters is 1. The molecule has 1 N–H and O–H groups in total. The number of fused-ring (bicyclic) bond motifs is 2. The first-order valence-electron chi connectivity index (χ1n) is 9.36. The Labute approximate surface area is 167 Å². The van der Waals surface area contributed by atoms with E-state index in [0.29, 0.717) is 16.1 Å². The van der Waals surface area contributed by atoms with E-state index < -0.39 is 5.97 Å². The Morgan fingerprint density at radius 2 is 1.96 bits per heavy atom. The Bertz CT molecular complexity index is 1050. The summed E-state index contributed by atoms with van der Waals surface area (Å²) in [5.41, 5.74) is 2.11. The highest BCUT2D eigenvalue weighted by molar-refractivity contribution is 7.17. The highest BCUT2D eigenvalue weighted by Gasteiger charge is 2.29.